The molecule has 0 saturated heterocycles. The molecule has 1 aromatic heterocycles. The average molecular weight is 499 g/mol. The molecule has 2 aromatic rings. The Balaban J connectivity index is 0.00000392. The van der Waals surface area contributed by atoms with Crippen molar-refractivity contribution in [3.05, 3.63) is 53.2 Å². The van der Waals surface area contributed by atoms with Crippen molar-refractivity contribution in [1.29, 1.82) is 0 Å². The van der Waals surface area contributed by atoms with Crippen LogP contribution in [0.2, 0.25) is 0 Å². The number of aliphatic imine (C=N–C) groups is 1. The highest BCUT2D eigenvalue weighted by Gasteiger charge is 2.19. The second kappa shape index (κ2) is 11.4. The number of halogens is 1. The number of hydrogen-bond donors (Lipinski definition) is 2. The van der Waals surface area contributed by atoms with Crippen molar-refractivity contribution in [3.8, 4) is 0 Å². The lowest BCUT2D eigenvalue weighted by molar-refractivity contribution is 0.345. The van der Waals surface area contributed by atoms with Crippen molar-refractivity contribution in [1.82, 2.24) is 20.5 Å². The van der Waals surface area contributed by atoms with Crippen molar-refractivity contribution < 1.29 is 4.42 Å². The lowest BCUT2D eigenvalue weighted by atomic mass is 9.94. The van der Waals surface area contributed by atoms with E-state index < -0.39 is 0 Å². The zero-order valence-corrected chi connectivity index (χ0v) is 20.2. The predicted molar refractivity (Wildman–Crippen MR) is 126 cm³/mol. The van der Waals surface area contributed by atoms with E-state index >= 15 is 0 Å². The summed E-state index contributed by atoms with van der Waals surface area (Å²) in [7, 11) is 3.89. The summed E-state index contributed by atoms with van der Waals surface area (Å²) in [4.78, 5) is 10.9. The smallest absolute Gasteiger partial charge is 0.213 e. The summed E-state index contributed by atoms with van der Waals surface area (Å²) in [6, 6.07) is 8.63. The van der Waals surface area contributed by atoms with Gasteiger partial charge in [0.05, 0.1) is 12.7 Å². The van der Waals surface area contributed by atoms with Crippen molar-refractivity contribution >= 4 is 29.9 Å². The van der Waals surface area contributed by atoms with E-state index in [0.717, 1.165) is 24.8 Å². The van der Waals surface area contributed by atoms with Crippen molar-refractivity contribution in [2.75, 3.05) is 20.6 Å². The van der Waals surface area contributed by atoms with Gasteiger partial charge in [0.2, 0.25) is 5.89 Å². The van der Waals surface area contributed by atoms with Crippen molar-refractivity contribution in [2.24, 2.45) is 4.99 Å². The van der Waals surface area contributed by atoms with Crippen LogP contribution >= 0.6 is 24.0 Å². The van der Waals surface area contributed by atoms with Crippen LogP contribution in [-0.4, -0.2) is 36.5 Å². The molecule has 1 heterocycles. The van der Waals surface area contributed by atoms with Crippen LogP contribution in [0.25, 0.3) is 0 Å². The van der Waals surface area contributed by atoms with E-state index in [2.05, 4.69) is 84.5 Å². The first-order valence-electron chi connectivity index (χ1n) is 9.48. The van der Waals surface area contributed by atoms with E-state index in [-0.39, 0.29) is 29.4 Å². The summed E-state index contributed by atoms with van der Waals surface area (Å²) in [5.41, 5.74) is 2.50. The lowest BCUT2D eigenvalue weighted by Gasteiger charge is -2.15. The Kier molecular flexibility index (Phi) is 9.95. The molecule has 28 heavy (non-hydrogen) atoms. The molecule has 0 spiro atoms. The van der Waals surface area contributed by atoms with Crippen LogP contribution in [0.3, 0.4) is 0 Å². The molecule has 7 heteroatoms. The maximum Gasteiger partial charge on any atom is 0.213 e. The highest BCUT2D eigenvalue weighted by Crippen LogP contribution is 2.22. The Morgan fingerprint density at radius 2 is 1.86 bits per heavy atom. The van der Waals surface area contributed by atoms with Gasteiger partial charge in [0.1, 0.15) is 5.76 Å². The highest BCUT2D eigenvalue weighted by atomic mass is 127. The molecule has 0 aliphatic heterocycles. The van der Waals surface area contributed by atoms with E-state index in [1.165, 1.54) is 11.1 Å². The molecule has 2 N–H and O–H groups in total. The molecule has 6 nitrogen and oxygen atoms in total. The third kappa shape index (κ3) is 7.79. The average Bonchev–Trinajstić information content (AvgIpc) is 3.11. The van der Waals surface area contributed by atoms with Crippen LogP contribution in [0.5, 0.6) is 0 Å². The lowest BCUT2D eigenvalue weighted by Crippen LogP contribution is -2.36. The maximum absolute atomic E-state index is 5.81. The maximum atomic E-state index is 5.81. The number of oxazole rings is 1. The van der Waals surface area contributed by atoms with E-state index in [4.69, 9.17) is 4.42 Å². The quantitative estimate of drug-likeness (QED) is 0.344. The first kappa shape index (κ1) is 24.4. The first-order valence-corrected chi connectivity index (χ1v) is 9.48. The van der Waals surface area contributed by atoms with E-state index in [1.807, 2.05) is 0 Å². The van der Waals surface area contributed by atoms with Crippen LogP contribution in [0.15, 0.2) is 39.9 Å². The summed E-state index contributed by atoms with van der Waals surface area (Å²) in [6.45, 7) is 11.7. The molecule has 1 aromatic carbocycles. The zero-order valence-electron chi connectivity index (χ0n) is 17.9. The van der Waals surface area contributed by atoms with Gasteiger partial charge in [-0.25, -0.2) is 4.98 Å². The topological polar surface area (TPSA) is 65.7 Å². The van der Waals surface area contributed by atoms with Gasteiger partial charge in [0, 0.05) is 25.6 Å². The van der Waals surface area contributed by atoms with Crippen molar-refractivity contribution in [3.63, 3.8) is 0 Å². The first-order chi connectivity index (χ1) is 12.8. The molecule has 0 radical (unpaired) electrons. The molecule has 0 aliphatic carbocycles. The van der Waals surface area contributed by atoms with Crippen LogP contribution < -0.4 is 10.6 Å². The molecule has 0 amide bonds. The number of hydrogen-bond acceptors (Lipinski definition) is 4. The molecule has 0 saturated carbocycles. The van der Waals surface area contributed by atoms with Gasteiger partial charge < -0.3 is 20.0 Å². The molecule has 0 unspecified atom stereocenters. The van der Waals surface area contributed by atoms with E-state index in [1.54, 1.807) is 13.2 Å². The minimum absolute atomic E-state index is 0. The Morgan fingerprint density at radius 1 is 1.18 bits per heavy atom. The minimum atomic E-state index is -0.0396. The SMILES string of the molecule is CCN(C)Cc1cccc(CNC(=NC)NCc2ncc(C(C)(C)C)o2)c1.I. The second-order valence-corrected chi connectivity index (χ2v) is 7.80. The van der Waals surface area contributed by atoms with Crippen molar-refractivity contribution in [2.45, 2.75) is 52.7 Å². The Labute approximate surface area is 186 Å². The van der Waals surface area contributed by atoms with Crippen LogP contribution in [0.1, 0.15) is 50.5 Å². The van der Waals surface area contributed by atoms with Gasteiger partial charge in [0.25, 0.3) is 0 Å². The van der Waals surface area contributed by atoms with Gasteiger partial charge in [0.15, 0.2) is 5.96 Å². The number of nitrogens with zero attached hydrogens (tertiary/aromatic N) is 3. The predicted octanol–water partition coefficient (Wildman–Crippen LogP) is 3.91. The van der Waals surface area contributed by atoms with Gasteiger partial charge in [-0.05, 0) is 24.7 Å². The fourth-order valence-electron chi connectivity index (χ4n) is 2.57. The van der Waals surface area contributed by atoms with Crippen LogP contribution in [0.4, 0.5) is 0 Å². The fourth-order valence-corrected chi connectivity index (χ4v) is 2.57. The monoisotopic (exact) mass is 499 g/mol. The molecule has 0 aliphatic rings. The molecule has 2 rings (SSSR count). The number of nitrogens with one attached hydrogen (secondary N) is 2. The second-order valence-electron chi connectivity index (χ2n) is 7.80. The Morgan fingerprint density at radius 3 is 2.46 bits per heavy atom. The summed E-state index contributed by atoms with van der Waals surface area (Å²) in [6.07, 6.45) is 1.80. The number of rotatable bonds is 7. The molecular weight excluding hydrogens is 465 g/mol. The molecule has 0 fully saturated rings. The number of benzene rings is 1. The molecule has 0 bridgehead atoms. The normalized spacial score (nSPS) is 12.0. The molecule has 0 atom stereocenters. The number of guanidine groups is 1. The zero-order chi connectivity index (χ0) is 19.9. The standard InChI is InChI=1S/C21H33N5O.HI/c1-7-26(6)15-17-10-8-9-16(11-17)12-24-20(22-5)25-14-19-23-13-18(27-19)21(2,3)4;/h8-11,13H,7,12,14-15H2,1-6H3,(H2,22,24,25);1H. The Bertz CT molecular complexity index is 751. The summed E-state index contributed by atoms with van der Waals surface area (Å²) >= 11 is 0. The van der Waals surface area contributed by atoms with Gasteiger partial charge in [-0.15, -0.1) is 24.0 Å². The molecule has 156 valence electrons. The summed E-state index contributed by atoms with van der Waals surface area (Å²) in [5, 5.41) is 6.59. The fraction of sp³-hybridized carbons (Fsp3) is 0.524. The van der Waals surface area contributed by atoms with Gasteiger partial charge in [-0.1, -0.05) is 52.0 Å². The number of aromatic nitrogens is 1. The minimum Gasteiger partial charge on any atom is -0.443 e. The largest absolute Gasteiger partial charge is 0.443 e. The van der Waals surface area contributed by atoms with Gasteiger partial charge >= 0.3 is 0 Å². The van der Waals surface area contributed by atoms with Gasteiger partial charge in [-0.2, -0.15) is 0 Å². The van der Waals surface area contributed by atoms with Crippen LogP contribution in [-0.2, 0) is 25.0 Å². The Hall–Kier alpha value is -1.61. The summed E-state index contributed by atoms with van der Waals surface area (Å²) in [5.74, 6) is 2.27. The summed E-state index contributed by atoms with van der Waals surface area (Å²) < 4.78 is 5.81. The third-order valence-corrected chi connectivity index (χ3v) is 4.37. The highest BCUT2D eigenvalue weighted by molar-refractivity contribution is 14.0. The molecular formula is C21H34IN5O. The van der Waals surface area contributed by atoms with E-state index in [0.29, 0.717) is 19.0 Å². The van der Waals surface area contributed by atoms with Crippen LogP contribution in [0, 0.1) is 0 Å². The van der Waals surface area contributed by atoms with Gasteiger partial charge in [-0.3, -0.25) is 4.99 Å². The van der Waals surface area contributed by atoms with E-state index in [9.17, 15) is 0 Å². The third-order valence-electron chi connectivity index (χ3n) is 4.37.